The Kier molecular flexibility index (Phi) is 5.58. The van der Waals surface area contributed by atoms with E-state index in [1.807, 2.05) is 11.3 Å². The third kappa shape index (κ3) is 3.60. The molecule has 0 bridgehead atoms. The van der Waals surface area contributed by atoms with Gasteiger partial charge >= 0.3 is 0 Å². The van der Waals surface area contributed by atoms with Crippen LogP contribution in [0.4, 0.5) is 45.5 Å². The monoisotopic (exact) mass is 607 g/mol. The molecule has 5 heteroatoms. The van der Waals surface area contributed by atoms with Gasteiger partial charge in [-0.25, -0.2) is 0 Å². The molecule has 0 fully saturated rings. The van der Waals surface area contributed by atoms with Crippen LogP contribution in [0.1, 0.15) is 11.1 Å². The van der Waals surface area contributed by atoms with Crippen LogP contribution >= 0.6 is 11.3 Å². The first-order valence-corrected chi connectivity index (χ1v) is 16.9. The van der Waals surface area contributed by atoms with Gasteiger partial charge in [0, 0.05) is 66.8 Å². The summed E-state index contributed by atoms with van der Waals surface area (Å²) < 4.78 is 2.76. The van der Waals surface area contributed by atoms with Crippen molar-refractivity contribution < 1.29 is 0 Å². The highest BCUT2D eigenvalue weighted by Crippen LogP contribution is 2.50. The smallest absolute Gasteiger partial charge is 0.264 e. The van der Waals surface area contributed by atoms with Crippen molar-refractivity contribution in [2.45, 2.75) is 13.3 Å². The Labute approximate surface area is 273 Å². The third-order valence-electron chi connectivity index (χ3n) is 9.93. The maximum atomic E-state index is 2.58. The van der Waals surface area contributed by atoms with Crippen LogP contribution in [0.15, 0.2) is 140 Å². The van der Waals surface area contributed by atoms with E-state index in [-0.39, 0.29) is 6.71 Å². The van der Waals surface area contributed by atoms with Gasteiger partial charge in [0.2, 0.25) is 0 Å². The van der Waals surface area contributed by atoms with Crippen molar-refractivity contribution in [1.29, 1.82) is 0 Å². The van der Waals surface area contributed by atoms with Crippen molar-refractivity contribution in [3.63, 3.8) is 0 Å². The van der Waals surface area contributed by atoms with Crippen LogP contribution in [0.3, 0.4) is 0 Å². The fourth-order valence-electron chi connectivity index (χ4n) is 8.12. The minimum absolute atomic E-state index is 0.143. The molecule has 6 aromatic carbocycles. The van der Waals surface area contributed by atoms with Gasteiger partial charge in [-0.1, -0.05) is 78.9 Å². The maximum Gasteiger partial charge on any atom is 0.264 e. The Balaban J connectivity index is 1.32. The number of anilines is 8. The Morgan fingerprint density at radius 2 is 1.17 bits per heavy atom. The van der Waals surface area contributed by atoms with Gasteiger partial charge in [-0.15, -0.1) is 11.3 Å². The number of thiophene rings is 1. The van der Waals surface area contributed by atoms with Crippen LogP contribution in [0.5, 0.6) is 0 Å². The zero-order chi connectivity index (χ0) is 30.4. The van der Waals surface area contributed by atoms with Crippen molar-refractivity contribution in [1.82, 2.24) is 0 Å². The minimum Gasteiger partial charge on any atom is -0.341 e. The van der Waals surface area contributed by atoms with Gasteiger partial charge in [0.1, 0.15) is 0 Å². The molecule has 0 saturated carbocycles. The molecule has 0 amide bonds. The first-order valence-electron chi connectivity index (χ1n) is 16.1. The number of hydrogen-bond donors (Lipinski definition) is 0. The lowest BCUT2D eigenvalue weighted by molar-refractivity contribution is 0.997. The van der Waals surface area contributed by atoms with Crippen LogP contribution in [-0.4, -0.2) is 13.3 Å². The highest BCUT2D eigenvalue weighted by molar-refractivity contribution is 7.33. The molecule has 0 aliphatic carbocycles. The van der Waals surface area contributed by atoms with E-state index in [2.05, 4.69) is 161 Å². The fourth-order valence-corrected chi connectivity index (χ4v) is 9.44. The Hall–Kier alpha value is -5.26. The van der Waals surface area contributed by atoms with Gasteiger partial charge in [-0.05, 0) is 90.5 Å². The van der Waals surface area contributed by atoms with Gasteiger partial charge in [0.05, 0.1) is 5.69 Å². The van der Waals surface area contributed by atoms with Crippen LogP contribution in [0, 0.1) is 6.92 Å². The van der Waals surface area contributed by atoms with E-state index in [9.17, 15) is 0 Å². The lowest BCUT2D eigenvalue weighted by atomic mass is 9.36. The van der Waals surface area contributed by atoms with Gasteiger partial charge in [0.15, 0.2) is 0 Å². The second-order valence-corrected chi connectivity index (χ2v) is 13.6. The maximum absolute atomic E-state index is 2.58. The van der Waals surface area contributed by atoms with E-state index in [1.165, 1.54) is 82.4 Å². The molecule has 4 heterocycles. The zero-order valence-corrected chi connectivity index (χ0v) is 26.3. The first kappa shape index (κ1) is 26.0. The Morgan fingerprint density at radius 3 is 1.85 bits per heavy atom. The predicted molar refractivity (Wildman–Crippen MR) is 198 cm³/mol. The molecule has 218 valence electrons. The minimum atomic E-state index is 0.143. The number of fused-ring (bicyclic) bond motifs is 8. The summed E-state index contributed by atoms with van der Waals surface area (Å²) in [6.45, 7) is 3.37. The molecule has 0 spiro atoms. The highest BCUT2D eigenvalue weighted by Gasteiger charge is 2.46. The highest BCUT2D eigenvalue weighted by atomic mass is 32.1. The average Bonchev–Trinajstić information content (AvgIpc) is 3.71. The summed E-state index contributed by atoms with van der Waals surface area (Å²) >= 11 is 1.96. The standard InChI is InChI=1S/C41H30BN3S/c1-27-25-35-38-36(26-27)45(30-17-9-4-10-18-30)40-32-19-11-12-20-37(32)46-41(40)42(38)33-21-22-34-31(23-24-43(34)28-13-5-2-6-14-28)39(33)44(35)29-15-7-3-8-16-29/h2-22,25-26H,23-24H2,1H3. The Morgan fingerprint density at radius 1 is 0.587 bits per heavy atom. The van der Waals surface area contributed by atoms with Gasteiger partial charge in [0.25, 0.3) is 6.71 Å². The van der Waals surface area contributed by atoms with Crippen molar-refractivity contribution in [3.8, 4) is 0 Å². The molecule has 46 heavy (non-hydrogen) atoms. The summed E-state index contributed by atoms with van der Waals surface area (Å²) in [5.74, 6) is 0. The molecule has 0 saturated heterocycles. The predicted octanol–water partition coefficient (Wildman–Crippen LogP) is 8.99. The summed E-state index contributed by atoms with van der Waals surface area (Å²) in [7, 11) is 0. The SMILES string of the molecule is Cc1cc2c3c(c1)N(c1ccccc1)c1c(sc4ccccc14)B3c1ccc3c(c1N2c1ccccc1)CCN3c1ccccc1. The van der Waals surface area contributed by atoms with Gasteiger partial charge in [-0.2, -0.15) is 0 Å². The van der Waals surface area contributed by atoms with Crippen LogP contribution in [0.2, 0.25) is 0 Å². The summed E-state index contributed by atoms with van der Waals surface area (Å²) in [4.78, 5) is 7.61. The van der Waals surface area contributed by atoms with Crippen LogP contribution < -0.4 is 30.4 Å². The molecular formula is C41H30BN3S. The second kappa shape index (κ2) is 9.87. The zero-order valence-electron chi connectivity index (χ0n) is 25.5. The van der Waals surface area contributed by atoms with Crippen molar-refractivity contribution >= 4 is 89.3 Å². The molecule has 0 unspecified atom stereocenters. The molecule has 7 aromatic rings. The topological polar surface area (TPSA) is 9.72 Å². The summed E-state index contributed by atoms with van der Waals surface area (Å²) in [6.07, 6.45) is 1.01. The summed E-state index contributed by atoms with van der Waals surface area (Å²) in [5.41, 5.74) is 15.7. The van der Waals surface area contributed by atoms with Crippen molar-refractivity contribution in [2.75, 3.05) is 21.2 Å². The van der Waals surface area contributed by atoms with Crippen molar-refractivity contribution in [3.05, 3.63) is 151 Å². The second-order valence-electron chi connectivity index (χ2n) is 12.5. The normalized spacial score (nSPS) is 14.3. The molecule has 10 rings (SSSR count). The van der Waals surface area contributed by atoms with E-state index < -0.39 is 0 Å². The molecule has 1 aromatic heterocycles. The number of para-hydroxylation sites is 3. The van der Waals surface area contributed by atoms with E-state index >= 15 is 0 Å². The quantitative estimate of drug-likeness (QED) is 0.186. The van der Waals surface area contributed by atoms with E-state index in [1.54, 1.807) is 0 Å². The molecule has 0 N–H and O–H groups in total. The summed E-state index contributed by atoms with van der Waals surface area (Å²) in [5, 5.41) is 1.32. The molecule has 3 aliphatic rings. The number of nitrogens with zero attached hydrogens (tertiary/aromatic N) is 3. The summed E-state index contributed by atoms with van der Waals surface area (Å²) in [6, 6.07) is 51.4. The van der Waals surface area contributed by atoms with Crippen LogP contribution in [0.25, 0.3) is 10.1 Å². The van der Waals surface area contributed by atoms with E-state index in [4.69, 9.17) is 0 Å². The molecule has 0 atom stereocenters. The lowest BCUT2D eigenvalue weighted by Crippen LogP contribution is -2.60. The van der Waals surface area contributed by atoms with Crippen LogP contribution in [-0.2, 0) is 6.42 Å². The number of aryl methyl sites for hydroxylation is 1. The van der Waals surface area contributed by atoms with Crippen molar-refractivity contribution in [2.24, 2.45) is 0 Å². The van der Waals surface area contributed by atoms with Gasteiger partial charge < -0.3 is 14.7 Å². The largest absolute Gasteiger partial charge is 0.341 e. The van der Waals surface area contributed by atoms with Gasteiger partial charge in [-0.3, -0.25) is 0 Å². The molecule has 3 nitrogen and oxygen atoms in total. The molecule has 0 radical (unpaired) electrons. The molecular weight excluding hydrogens is 577 g/mol. The first-order chi connectivity index (χ1) is 22.8. The van der Waals surface area contributed by atoms with E-state index in [0.29, 0.717) is 0 Å². The van der Waals surface area contributed by atoms with E-state index in [0.717, 1.165) is 13.0 Å². The number of benzene rings is 6. The Bertz CT molecular complexity index is 2300. The molecule has 3 aliphatic heterocycles. The third-order valence-corrected chi connectivity index (χ3v) is 11.2. The lowest BCUT2D eigenvalue weighted by Gasteiger charge is -2.44. The number of hydrogen-bond acceptors (Lipinski definition) is 4. The average molecular weight is 608 g/mol. The number of rotatable bonds is 3. The fraction of sp³-hybridized carbons (Fsp3) is 0.0732.